The predicted molar refractivity (Wildman–Crippen MR) is 73.4 cm³/mol. The lowest BCUT2D eigenvalue weighted by Gasteiger charge is -2.22. The molecule has 0 spiro atoms. The highest BCUT2D eigenvalue weighted by Crippen LogP contribution is 2.26. The van der Waals surface area contributed by atoms with Crippen LogP contribution >= 0.6 is 0 Å². The molecule has 0 bridgehead atoms. The van der Waals surface area contributed by atoms with E-state index >= 15 is 0 Å². The minimum Gasteiger partial charge on any atom is -0.476 e. The van der Waals surface area contributed by atoms with E-state index in [1.807, 2.05) is 0 Å². The van der Waals surface area contributed by atoms with E-state index in [0.29, 0.717) is 0 Å². The molecular weight excluding hydrogens is 242 g/mol. The van der Waals surface area contributed by atoms with Crippen LogP contribution in [-0.4, -0.2) is 34.1 Å². The number of aromatic carboxylic acids is 1. The van der Waals surface area contributed by atoms with Crippen LogP contribution in [0.3, 0.4) is 0 Å². The van der Waals surface area contributed by atoms with Gasteiger partial charge in [-0.25, -0.2) is 14.8 Å². The molecule has 0 saturated carbocycles. The fourth-order valence-electron chi connectivity index (χ4n) is 2.61. The molecule has 1 saturated heterocycles. The van der Waals surface area contributed by atoms with Gasteiger partial charge in [-0.2, -0.15) is 0 Å². The number of anilines is 1. The highest BCUT2D eigenvalue weighted by atomic mass is 16.4. The fraction of sp³-hybridized carbons (Fsp3) is 0.643. The monoisotopic (exact) mass is 263 g/mol. The van der Waals surface area contributed by atoms with Gasteiger partial charge in [-0.05, 0) is 31.1 Å². The van der Waals surface area contributed by atoms with Crippen LogP contribution in [0, 0.1) is 11.8 Å². The SMILES string of the molecule is CC(C)C1CCCN(c2cnc(C(=O)O)cn2)CC1. The van der Waals surface area contributed by atoms with Crippen LogP contribution in [0.1, 0.15) is 43.6 Å². The molecule has 1 N–H and O–H groups in total. The summed E-state index contributed by atoms with van der Waals surface area (Å²) in [4.78, 5) is 21.1. The van der Waals surface area contributed by atoms with Crippen molar-refractivity contribution < 1.29 is 9.90 Å². The van der Waals surface area contributed by atoms with E-state index in [4.69, 9.17) is 5.11 Å². The van der Waals surface area contributed by atoms with E-state index in [2.05, 4.69) is 28.7 Å². The average Bonchev–Trinajstić information content (AvgIpc) is 2.64. The molecule has 0 aromatic carbocycles. The Morgan fingerprint density at radius 1 is 1.32 bits per heavy atom. The molecule has 0 aliphatic carbocycles. The van der Waals surface area contributed by atoms with E-state index in [9.17, 15) is 4.79 Å². The summed E-state index contributed by atoms with van der Waals surface area (Å²) < 4.78 is 0. The summed E-state index contributed by atoms with van der Waals surface area (Å²) in [5.41, 5.74) is -0.00127. The molecular formula is C14H21N3O2. The maximum Gasteiger partial charge on any atom is 0.356 e. The van der Waals surface area contributed by atoms with Crippen LogP contribution in [0.15, 0.2) is 12.4 Å². The van der Waals surface area contributed by atoms with Crippen molar-refractivity contribution in [2.75, 3.05) is 18.0 Å². The molecule has 0 amide bonds. The summed E-state index contributed by atoms with van der Waals surface area (Å²) in [6.45, 7) is 6.51. The van der Waals surface area contributed by atoms with Gasteiger partial charge in [0.05, 0.1) is 12.4 Å². The summed E-state index contributed by atoms with van der Waals surface area (Å²) in [5, 5.41) is 8.81. The first kappa shape index (κ1) is 13.8. The van der Waals surface area contributed by atoms with Crippen LogP contribution in [-0.2, 0) is 0 Å². The molecule has 1 atom stereocenters. The van der Waals surface area contributed by atoms with Crippen molar-refractivity contribution in [1.29, 1.82) is 0 Å². The molecule has 1 aliphatic heterocycles. The van der Waals surface area contributed by atoms with Gasteiger partial charge in [0, 0.05) is 13.1 Å². The van der Waals surface area contributed by atoms with Gasteiger partial charge in [0.2, 0.25) is 0 Å². The average molecular weight is 263 g/mol. The molecule has 1 aromatic rings. The van der Waals surface area contributed by atoms with E-state index in [1.54, 1.807) is 6.20 Å². The Balaban J connectivity index is 2.03. The summed E-state index contributed by atoms with van der Waals surface area (Å²) in [5.74, 6) is 1.25. The Hall–Kier alpha value is -1.65. The number of carbonyl (C=O) groups is 1. The van der Waals surface area contributed by atoms with Gasteiger partial charge < -0.3 is 10.0 Å². The summed E-state index contributed by atoms with van der Waals surface area (Å²) in [7, 11) is 0. The molecule has 2 rings (SSSR count). The molecule has 0 radical (unpaired) electrons. The standard InChI is InChI=1S/C14H21N3O2/c1-10(2)11-4-3-6-17(7-5-11)13-9-15-12(8-16-13)14(18)19/h8-11H,3-7H2,1-2H3,(H,18,19). The van der Waals surface area contributed by atoms with Gasteiger partial charge >= 0.3 is 5.97 Å². The summed E-state index contributed by atoms with van der Waals surface area (Å²) >= 11 is 0. The third kappa shape index (κ3) is 3.43. The van der Waals surface area contributed by atoms with Gasteiger partial charge in [0.25, 0.3) is 0 Å². The third-order valence-electron chi connectivity index (χ3n) is 3.90. The smallest absolute Gasteiger partial charge is 0.356 e. The van der Waals surface area contributed by atoms with Gasteiger partial charge in [0.1, 0.15) is 5.82 Å². The zero-order valence-electron chi connectivity index (χ0n) is 11.5. The first-order valence-electron chi connectivity index (χ1n) is 6.88. The van der Waals surface area contributed by atoms with Crippen molar-refractivity contribution in [2.24, 2.45) is 11.8 Å². The first-order valence-corrected chi connectivity index (χ1v) is 6.88. The maximum atomic E-state index is 10.7. The minimum absolute atomic E-state index is 0.00127. The van der Waals surface area contributed by atoms with Crippen molar-refractivity contribution >= 4 is 11.8 Å². The lowest BCUT2D eigenvalue weighted by molar-refractivity contribution is 0.0690. The summed E-state index contributed by atoms with van der Waals surface area (Å²) in [6.07, 6.45) is 6.49. The van der Waals surface area contributed by atoms with Crippen molar-refractivity contribution in [3.8, 4) is 0 Å². The minimum atomic E-state index is -1.03. The van der Waals surface area contributed by atoms with Crippen molar-refractivity contribution in [3.63, 3.8) is 0 Å². The highest BCUT2D eigenvalue weighted by Gasteiger charge is 2.20. The van der Waals surface area contributed by atoms with Crippen LogP contribution in [0.4, 0.5) is 5.82 Å². The molecule has 1 unspecified atom stereocenters. The number of hydrogen-bond acceptors (Lipinski definition) is 4. The van der Waals surface area contributed by atoms with Crippen LogP contribution in [0.25, 0.3) is 0 Å². The first-order chi connectivity index (χ1) is 9.08. The molecule has 104 valence electrons. The van der Waals surface area contributed by atoms with E-state index in [0.717, 1.165) is 37.2 Å². The second kappa shape index (κ2) is 5.99. The zero-order chi connectivity index (χ0) is 13.8. The number of hydrogen-bond donors (Lipinski definition) is 1. The normalized spacial score (nSPS) is 20.4. The Morgan fingerprint density at radius 3 is 2.68 bits per heavy atom. The van der Waals surface area contributed by atoms with Gasteiger partial charge in [0.15, 0.2) is 5.69 Å². The number of aromatic nitrogens is 2. The van der Waals surface area contributed by atoms with Gasteiger partial charge in [-0.15, -0.1) is 0 Å². The molecule has 5 heteroatoms. The van der Waals surface area contributed by atoms with E-state index in [1.165, 1.54) is 19.0 Å². The van der Waals surface area contributed by atoms with Crippen molar-refractivity contribution in [2.45, 2.75) is 33.1 Å². The second-order valence-corrected chi connectivity index (χ2v) is 5.49. The number of rotatable bonds is 3. The Morgan fingerprint density at radius 2 is 2.11 bits per heavy atom. The topological polar surface area (TPSA) is 66.3 Å². The Labute approximate surface area is 113 Å². The summed E-state index contributed by atoms with van der Waals surface area (Å²) in [6, 6.07) is 0. The van der Waals surface area contributed by atoms with Crippen LogP contribution in [0.5, 0.6) is 0 Å². The van der Waals surface area contributed by atoms with Crippen LogP contribution < -0.4 is 4.90 Å². The fourth-order valence-corrected chi connectivity index (χ4v) is 2.61. The number of nitrogens with zero attached hydrogens (tertiary/aromatic N) is 3. The largest absolute Gasteiger partial charge is 0.476 e. The quantitative estimate of drug-likeness (QED) is 0.907. The van der Waals surface area contributed by atoms with Crippen molar-refractivity contribution in [1.82, 2.24) is 9.97 Å². The molecule has 19 heavy (non-hydrogen) atoms. The van der Waals surface area contributed by atoms with E-state index in [-0.39, 0.29) is 5.69 Å². The van der Waals surface area contributed by atoms with E-state index < -0.39 is 5.97 Å². The lowest BCUT2D eigenvalue weighted by atomic mass is 9.89. The molecule has 1 fully saturated rings. The lowest BCUT2D eigenvalue weighted by Crippen LogP contribution is -2.25. The van der Waals surface area contributed by atoms with Crippen LogP contribution in [0.2, 0.25) is 0 Å². The molecule has 2 heterocycles. The van der Waals surface area contributed by atoms with Crippen molar-refractivity contribution in [3.05, 3.63) is 18.1 Å². The highest BCUT2D eigenvalue weighted by molar-refractivity contribution is 5.84. The van der Waals surface area contributed by atoms with Gasteiger partial charge in [-0.3, -0.25) is 0 Å². The number of carboxylic acids is 1. The zero-order valence-corrected chi connectivity index (χ0v) is 11.5. The molecule has 1 aliphatic rings. The molecule has 5 nitrogen and oxygen atoms in total. The third-order valence-corrected chi connectivity index (χ3v) is 3.90. The van der Waals surface area contributed by atoms with Gasteiger partial charge in [-0.1, -0.05) is 13.8 Å². The maximum absolute atomic E-state index is 10.7. The second-order valence-electron chi connectivity index (χ2n) is 5.49. The predicted octanol–water partition coefficient (Wildman–Crippen LogP) is 2.44. The Kier molecular flexibility index (Phi) is 4.35. The molecule has 1 aromatic heterocycles. The number of carboxylic acid groups (broad SMARTS) is 1. The Bertz CT molecular complexity index is 431.